The molecule has 0 spiro atoms. The predicted molar refractivity (Wildman–Crippen MR) is 76.5 cm³/mol. The standard InChI is InChI=1S/C15H28N2O/c1-7-12(16)14(13-9-8-11(2)18-13)17(6)10-15(3,4)5/h8-9,12,14H,7,10,16H2,1-6H3. The minimum atomic E-state index is 0.0999. The number of likely N-dealkylation sites (N-methyl/N-ethyl adjacent to an activating group) is 1. The van der Waals surface area contributed by atoms with Gasteiger partial charge in [0.2, 0.25) is 0 Å². The Kier molecular flexibility index (Phi) is 5.00. The molecule has 0 saturated heterocycles. The van der Waals surface area contributed by atoms with Gasteiger partial charge in [-0.25, -0.2) is 0 Å². The third-order valence-corrected chi connectivity index (χ3v) is 3.13. The van der Waals surface area contributed by atoms with Crippen LogP contribution in [-0.2, 0) is 0 Å². The molecule has 0 amide bonds. The lowest BCUT2D eigenvalue weighted by Crippen LogP contribution is -2.42. The molecule has 1 heterocycles. The Morgan fingerprint density at radius 3 is 2.33 bits per heavy atom. The summed E-state index contributed by atoms with van der Waals surface area (Å²) >= 11 is 0. The van der Waals surface area contributed by atoms with Crippen LogP contribution in [0.25, 0.3) is 0 Å². The summed E-state index contributed by atoms with van der Waals surface area (Å²) in [6, 6.07) is 4.32. The molecule has 1 aromatic heterocycles. The van der Waals surface area contributed by atoms with E-state index < -0.39 is 0 Å². The van der Waals surface area contributed by atoms with Crippen LogP contribution in [-0.4, -0.2) is 24.5 Å². The maximum Gasteiger partial charge on any atom is 0.122 e. The van der Waals surface area contributed by atoms with Gasteiger partial charge in [0.25, 0.3) is 0 Å². The van der Waals surface area contributed by atoms with E-state index in [-0.39, 0.29) is 17.5 Å². The van der Waals surface area contributed by atoms with Gasteiger partial charge in [0, 0.05) is 12.6 Å². The van der Waals surface area contributed by atoms with E-state index in [4.69, 9.17) is 10.2 Å². The second kappa shape index (κ2) is 5.89. The summed E-state index contributed by atoms with van der Waals surface area (Å²) in [4.78, 5) is 2.31. The van der Waals surface area contributed by atoms with Crippen molar-refractivity contribution in [3.63, 3.8) is 0 Å². The number of hydrogen-bond acceptors (Lipinski definition) is 3. The first-order chi connectivity index (χ1) is 8.24. The van der Waals surface area contributed by atoms with Gasteiger partial charge in [-0.3, -0.25) is 4.90 Å². The van der Waals surface area contributed by atoms with Gasteiger partial charge in [-0.2, -0.15) is 0 Å². The summed E-state index contributed by atoms with van der Waals surface area (Å²) in [7, 11) is 2.13. The molecular weight excluding hydrogens is 224 g/mol. The molecule has 0 saturated carbocycles. The van der Waals surface area contributed by atoms with Gasteiger partial charge in [0.1, 0.15) is 11.5 Å². The number of hydrogen-bond donors (Lipinski definition) is 1. The monoisotopic (exact) mass is 252 g/mol. The lowest BCUT2D eigenvalue weighted by molar-refractivity contribution is 0.133. The summed E-state index contributed by atoms with van der Waals surface area (Å²) in [5, 5.41) is 0. The van der Waals surface area contributed by atoms with Crippen molar-refractivity contribution in [3.05, 3.63) is 23.7 Å². The average molecular weight is 252 g/mol. The average Bonchev–Trinajstić information content (AvgIpc) is 2.62. The first-order valence-corrected chi connectivity index (χ1v) is 6.76. The SMILES string of the molecule is CCC(N)C(c1ccc(C)o1)N(C)CC(C)(C)C. The highest BCUT2D eigenvalue weighted by Crippen LogP contribution is 2.28. The van der Waals surface area contributed by atoms with Crippen LogP contribution in [0.1, 0.15) is 51.7 Å². The van der Waals surface area contributed by atoms with Gasteiger partial charge in [-0.15, -0.1) is 0 Å². The summed E-state index contributed by atoms with van der Waals surface area (Å²) in [5.41, 5.74) is 6.53. The molecule has 0 bridgehead atoms. The summed E-state index contributed by atoms with van der Waals surface area (Å²) in [6.45, 7) is 11.8. The molecule has 0 aliphatic rings. The Morgan fingerprint density at radius 1 is 1.33 bits per heavy atom. The Labute approximate surface area is 111 Å². The number of aryl methyl sites for hydroxylation is 1. The van der Waals surface area contributed by atoms with Crippen molar-refractivity contribution < 1.29 is 4.42 Å². The molecule has 1 rings (SSSR count). The minimum Gasteiger partial charge on any atom is -0.465 e. The van der Waals surface area contributed by atoms with Crippen molar-refractivity contribution in [1.29, 1.82) is 0 Å². The molecule has 2 atom stereocenters. The lowest BCUT2D eigenvalue weighted by atomic mass is 9.93. The largest absolute Gasteiger partial charge is 0.465 e. The lowest BCUT2D eigenvalue weighted by Gasteiger charge is -2.35. The first kappa shape index (κ1) is 15.3. The molecule has 0 aliphatic heterocycles. The van der Waals surface area contributed by atoms with Crippen LogP contribution in [0.2, 0.25) is 0 Å². The summed E-state index contributed by atoms with van der Waals surface area (Å²) in [5.74, 6) is 1.93. The fraction of sp³-hybridized carbons (Fsp3) is 0.733. The Bertz CT molecular complexity index is 365. The van der Waals surface area contributed by atoms with Crippen molar-refractivity contribution in [1.82, 2.24) is 4.90 Å². The smallest absolute Gasteiger partial charge is 0.122 e. The molecule has 18 heavy (non-hydrogen) atoms. The molecule has 2 unspecified atom stereocenters. The van der Waals surface area contributed by atoms with Crippen molar-refractivity contribution in [2.45, 2.75) is 53.1 Å². The van der Waals surface area contributed by atoms with Crippen LogP contribution in [0.5, 0.6) is 0 Å². The van der Waals surface area contributed by atoms with Crippen molar-refractivity contribution in [2.24, 2.45) is 11.1 Å². The highest BCUT2D eigenvalue weighted by molar-refractivity contribution is 5.12. The second-order valence-electron chi connectivity index (χ2n) is 6.44. The molecular formula is C15H28N2O. The van der Waals surface area contributed by atoms with Crippen molar-refractivity contribution in [3.8, 4) is 0 Å². The molecule has 3 nitrogen and oxygen atoms in total. The maximum atomic E-state index is 6.28. The van der Waals surface area contributed by atoms with E-state index >= 15 is 0 Å². The Hall–Kier alpha value is -0.800. The fourth-order valence-electron chi connectivity index (χ4n) is 2.44. The van der Waals surface area contributed by atoms with Crippen molar-refractivity contribution in [2.75, 3.05) is 13.6 Å². The van der Waals surface area contributed by atoms with Crippen LogP contribution in [0.4, 0.5) is 0 Å². The number of nitrogens with two attached hydrogens (primary N) is 1. The van der Waals surface area contributed by atoms with Gasteiger partial charge in [0.15, 0.2) is 0 Å². The van der Waals surface area contributed by atoms with Crippen LogP contribution in [0, 0.1) is 12.3 Å². The minimum absolute atomic E-state index is 0.0999. The van der Waals surface area contributed by atoms with Crippen LogP contribution in [0.15, 0.2) is 16.5 Å². The highest BCUT2D eigenvalue weighted by Gasteiger charge is 2.28. The molecule has 0 fully saturated rings. The first-order valence-electron chi connectivity index (χ1n) is 6.76. The van der Waals surface area contributed by atoms with Gasteiger partial charge in [0.05, 0.1) is 6.04 Å². The normalized spacial score (nSPS) is 16.0. The van der Waals surface area contributed by atoms with E-state index in [2.05, 4.69) is 45.7 Å². The molecule has 0 aromatic carbocycles. The molecule has 3 heteroatoms. The topological polar surface area (TPSA) is 42.4 Å². The highest BCUT2D eigenvalue weighted by atomic mass is 16.3. The number of furan rings is 1. The van der Waals surface area contributed by atoms with E-state index in [1.54, 1.807) is 0 Å². The van der Waals surface area contributed by atoms with E-state index in [1.165, 1.54) is 0 Å². The van der Waals surface area contributed by atoms with E-state index in [0.717, 1.165) is 24.5 Å². The quantitative estimate of drug-likeness (QED) is 0.874. The molecule has 1 aromatic rings. The summed E-state index contributed by atoms with van der Waals surface area (Å²) in [6.07, 6.45) is 0.943. The van der Waals surface area contributed by atoms with Crippen molar-refractivity contribution >= 4 is 0 Å². The molecule has 104 valence electrons. The van der Waals surface area contributed by atoms with Gasteiger partial charge in [-0.05, 0) is 37.9 Å². The maximum absolute atomic E-state index is 6.28. The van der Waals surface area contributed by atoms with Gasteiger partial charge >= 0.3 is 0 Å². The third kappa shape index (κ3) is 4.14. The summed E-state index contributed by atoms with van der Waals surface area (Å²) < 4.78 is 5.78. The zero-order chi connectivity index (χ0) is 13.9. The third-order valence-electron chi connectivity index (χ3n) is 3.13. The zero-order valence-electron chi connectivity index (χ0n) is 12.7. The molecule has 0 radical (unpaired) electrons. The Morgan fingerprint density at radius 2 is 1.94 bits per heavy atom. The Balaban J connectivity index is 2.92. The number of rotatable bonds is 5. The van der Waals surface area contributed by atoms with Crippen LogP contribution in [0.3, 0.4) is 0 Å². The number of nitrogens with zero attached hydrogens (tertiary/aromatic N) is 1. The zero-order valence-corrected chi connectivity index (χ0v) is 12.7. The fourth-order valence-corrected chi connectivity index (χ4v) is 2.44. The van der Waals surface area contributed by atoms with Crippen LogP contribution < -0.4 is 5.73 Å². The predicted octanol–water partition coefficient (Wildman–Crippen LogP) is 3.34. The van der Waals surface area contributed by atoms with E-state index in [1.807, 2.05) is 13.0 Å². The molecule has 0 aliphatic carbocycles. The van der Waals surface area contributed by atoms with Crippen LogP contribution >= 0.6 is 0 Å². The van der Waals surface area contributed by atoms with Gasteiger partial charge < -0.3 is 10.2 Å². The second-order valence-corrected chi connectivity index (χ2v) is 6.44. The van der Waals surface area contributed by atoms with E-state index in [9.17, 15) is 0 Å². The molecule has 2 N–H and O–H groups in total. The van der Waals surface area contributed by atoms with E-state index in [0.29, 0.717) is 0 Å². The van der Waals surface area contributed by atoms with Gasteiger partial charge in [-0.1, -0.05) is 27.7 Å².